The number of carbonyl (C=O) groups is 1. The molecule has 4 rings (SSSR count). The number of aliphatic hydroxyl groups is 1. The minimum absolute atomic E-state index is 0.0493. The Morgan fingerprint density at radius 3 is 2.77 bits per heavy atom. The molecule has 0 saturated carbocycles. The van der Waals surface area contributed by atoms with Gasteiger partial charge in [0.25, 0.3) is 0 Å². The highest BCUT2D eigenvalue weighted by Gasteiger charge is 2.19. The Bertz CT molecular complexity index is 1210. The fourth-order valence-electron chi connectivity index (χ4n) is 3.56. The lowest BCUT2D eigenvalue weighted by atomic mass is 10.0. The van der Waals surface area contributed by atoms with Crippen molar-refractivity contribution in [3.8, 4) is 11.1 Å². The van der Waals surface area contributed by atoms with E-state index in [0.717, 1.165) is 16.6 Å². The Kier molecular flexibility index (Phi) is 5.46. The number of carbonyl (C=O) groups excluding carboxylic acids is 1. The summed E-state index contributed by atoms with van der Waals surface area (Å²) in [5.41, 5.74) is 4.00. The number of benzene rings is 1. The van der Waals surface area contributed by atoms with Crippen LogP contribution in [-0.2, 0) is 13.6 Å². The smallest absolute Gasteiger partial charge is 0.166 e. The van der Waals surface area contributed by atoms with Gasteiger partial charge in [0.1, 0.15) is 5.82 Å². The van der Waals surface area contributed by atoms with Crippen molar-refractivity contribution >= 4 is 16.8 Å². The molecule has 0 fully saturated rings. The first-order valence-corrected chi connectivity index (χ1v) is 9.81. The number of Topliss-reactive ketones (excluding diaryl/α,β-unsaturated/α-hetero) is 1. The second-order valence-corrected chi connectivity index (χ2v) is 7.67. The van der Waals surface area contributed by atoms with Gasteiger partial charge in [0.05, 0.1) is 29.3 Å². The summed E-state index contributed by atoms with van der Waals surface area (Å²) in [6, 6.07) is 8.80. The van der Waals surface area contributed by atoms with Crippen LogP contribution < -0.4 is 0 Å². The molecule has 0 amide bonds. The first-order chi connectivity index (χ1) is 14.5. The lowest BCUT2D eigenvalue weighted by molar-refractivity contribution is 0.0944. The van der Waals surface area contributed by atoms with Gasteiger partial charge >= 0.3 is 0 Å². The maximum absolute atomic E-state index is 14.9. The fraction of sp³-hybridized carbons (Fsp3) is 0.261. The van der Waals surface area contributed by atoms with Crippen LogP contribution in [0.5, 0.6) is 0 Å². The standard InChI is InChI=1S/C23H23FN4O2/c1-15(14-29)8-22(30)19-13-28(21-4-3-7-25-23(19)21)12-17-6-5-16(9-20(17)24)18-10-26-27(2)11-18/h3-7,9-11,13,15,29H,8,12,14H2,1-2H3/t15-/m1/s1. The molecule has 154 valence electrons. The van der Waals surface area contributed by atoms with Crippen LogP contribution in [0.4, 0.5) is 4.39 Å². The molecule has 0 spiro atoms. The molecule has 1 N–H and O–H groups in total. The average Bonchev–Trinajstić information content (AvgIpc) is 3.33. The minimum atomic E-state index is -0.316. The first-order valence-electron chi connectivity index (χ1n) is 9.81. The van der Waals surface area contributed by atoms with Gasteiger partial charge in [0.15, 0.2) is 5.78 Å². The Morgan fingerprint density at radius 2 is 2.07 bits per heavy atom. The number of halogens is 1. The lowest BCUT2D eigenvalue weighted by Crippen LogP contribution is -2.09. The zero-order chi connectivity index (χ0) is 21.3. The molecular weight excluding hydrogens is 383 g/mol. The molecule has 3 aromatic heterocycles. The predicted octanol–water partition coefficient (Wildman–Crippen LogP) is 3.83. The summed E-state index contributed by atoms with van der Waals surface area (Å²) in [6.07, 6.45) is 7.15. The van der Waals surface area contributed by atoms with Crippen LogP contribution in [0.1, 0.15) is 29.3 Å². The summed E-state index contributed by atoms with van der Waals surface area (Å²) in [5, 5.41) is 13.4. The van der Waals surface area contributed by atoms with Crippen LogP contribution in [0.25, 0.3) is 22.2 Å². The third-order valence-electron chi connectivity index (χ3n) is 5.21. The van der Waals surface area contributed by atoms with E-state index in [2.05, 4.69) is 10.1 Å². The Morgan fingerprint density at radius 1 is 1.23 bits per heavy atom. The average molecular weight is 406 g/mol. The van der Waals surface area contributed by atoms with Gasteiger partial charge in [-0.3, -0.25) is 14.5 Å². The predicted molar refractivity (Wildman–Crippen MR) is 113 cm³/mol. The molecule has 0 unspecified atom stereocenters. The van der Waals surface area contributed by atoms with Gasteiger partial charge < -0.3 is 9.67 Å². The number of pyridine rings is 1. The summed E-state index contributed by atoms with van der Waals surface area (Å²) >= 11 is 0. The van der Waals surface area contributed by atoms with E-state index in [4.69, 9.17) is 0 Å². The van der Waals surface area contributed by atoms with E-state index in [1.54, 1.807) is 35.4 Å². The van der Waals surface area contributed by atoms with Crippen molar-refractivity contribution in [3.05, 3.63) is 72.1 Å². The summed E-state index contributed by atoms with van der Waals surface area (Å²) in [7, 11) is 1.82. The molecule has 6 nitrogen and oxygen atoms in total. The van der Waals surface area contributed by atoms with Crippen LogP contribution >= 0.6 is 0 Å². The number of aryl methyl sites for hydroxylation is 1. The van der Waals surface area contributed by atoms with Crippen molar-refractivity contribution in [2.24, 2.45) is 13.0 Å². The number of ketones is 1. The fourth-order valence-corrected chi connectivity index (χ4v) is 3.56. The second kappa shape index (κ2) is 8.20. The molecule has 30 heavy (non-hydrogen) atoms. The number of nitrogens with zero attached hydrogens (tertiary/aromatic N) is 4. The quantitative estimate of drug-likeness (QED) is 0.474. The highest BCUT2D eigenvalue weighted by molar-refractivity contribution is 6.06. The maximum Gasteiger partial charge on any atom is 0.166 e. The number of fused-ring (bicyclic) bond motifs is 1. The molecule has 0 aliphatic heterocycles. The van der Waals surface area contributed by atoms with Crippen LogP contribution in [0.3, 0.4) is 0 Å². The Labute approximate surface area is 173 Å². The molecule has 1 aromatic carbocycles. The number of hydrogen-bond acceptors (Lipinski definition) is 4. The van der Waals surface area contributed by atoms with Crippen molar-refractivity contribution < 1.29 is 14.3 Å². The summed E-state index contributed by atoms with van der Waals surface area (Å²) in [4.78, 5) is 17.1. The number of hydrogen-bond donors (Lipinski definition) is 1. The zero-order valence-electron chi connectivity index (χ0n) is 16.9. The topological polar surface area (TPSA) is 72.9 Å². The molecule has 0 radical (unpaired) electrons. The highest BCUT2D eigenvalue weighted by atomic mass is 19.1. The van der Waals surface area contributed by atoms with E-state index in [9.17, 15) is 14.3 Å². The van der Waals surface area contributed by atoms with Gasteiger partial charge in [0, 0.05) is 49.8 Å². The minimum Gasteiger partial charge on any atom is -0.396 e. The van der Waals surface area contributed by atoms with Gasteiger partial charge in [-0.2, -0.15) is 5.10 Å². The monoisotopic (exact) mass is 406 g/mol. The van der Waals surface area contributed by atoms with E-state index >= 15 is 0 Å². The Balaban J connectivity index is 1.66. The largest absolute Gasteiger partial charge is 0.396 e. The summed E-state index contributed by atoms with van der Waals surface area (Å²) in [5.74, 6) is -0.521. The normalized spacial score (nSPS) is 12.4. The van der Waals surface area contributed by atoms with E-state index < -0.39 is 0 Å². The number of aliphatic hydroxyl groups excluding tert-OH is 1. The van der Waals surface area contributed by atoms with Gasteiger partial charge in [0.2, 0.25) is 0 Å². The zero-order valence-corrected chi connectivity index (χ0v) is 16.9. The van der Waals surface area contributed by atoms with Crippen LogP contribution in [0, 0.1) is 11.7 Å². The van der Waals surface area contributed by atoms with Crippen LogP contribution in [-0.4, -0.2) is 36.8 Å². The van der Waals surface area contributed by atoms with Crippen molar-refractivity contribution in [1.29, 1.82) is 0 Å². The number of aromatic nitrogens is 4. The molecule has 0 aliphatic rings. The van der Waals surface area contributed by atoms with E-state index in [1.165, 1.54) is 6.07 Å². The van der Waals surface area contributed by atoms with E-state index in [0.29, 0.717) is 16.6 Å². The van der Waals surface area contributed by atoms with Crippen molar-refractivity contribution in [1.82, 2.24) is 19.3 Å². The lowest BCUT2D eigenvalue weighted by Gasteiger charge is -2.08. The third kappa shape index (κ3) is 3.89. The highest BCUT2D eigenvalue weighted by Crippen LogP contribution is 2.25. The first kappa shape index (κ1) is 20.0. The number of rotatable bonds is 7. The maximum atomic E-state index is 14.9. The Hall–Kier alpha value is -3.32. The molecule has 4 aromatic rings. The van der Waals surface area contributed by atoms with Gasteiger partial charge in [-0.25, -0.2) is 4.39 Å². The summed E-state index contributed by atoms with van der Waals surface area (Å²) in [6.45, 7) is 2.06. The molecule has 1 atom stereocenters. The second-order valence-electron chi connectivity index (χ2n) is 7.67. The van der Waals surface area contributed by atoms with Gasteiger partial charge in [-0.1, -0.05) is 19.1 Å². The van der Waals surface area contributed by atoms with Gasteiger partial charge in [-0.15, -0.1) is 0 Å². The molecule has 0 bridgehead atoms. The van der Waals surface area contributed by atoms with E-state index in [1.807, 2.05) is 36.9 Å². The molecule has 0 aliphatic carbocycles. The van der Waals surface area contributed by atoms with E-state index in [-0.39, 0.29) is 37.1 Å². The molecular formula is C23H23FN4O2. The van der Waals surface area contributed by atoms with Crippen molar-refractivity contribution in [2.45, 2.75) is 19.9 Å². The van der Waals surface area contributed by atoms with Crippen LogP contribution in [0.15, 0.2) is 55.1 Å². The van der Waals surface area contributed by atoms with Crippen LogP contribution in [0.2, 0.25) is 0 Å². The van der Waals surface area contributed by atoms with Gasteiger partial charge in [-0.05, 0) is 29.7 Å². The SMILES string of the molecule is C[C@@H](CO)CC(=O)c1cn(Cc2ccc(-c3cnn(C)c3)cc2F)c2cccnc12. The summed E-state index contributed by atoms with van der Waals surface area (Å²) < 4.78 is 18.4. The van der Waals surface area contributed by atoms with Crippen molar-refractivity contribution in [3.63, 3.8) is 0 Å². The third-order valence-corrected chi connectivity index (χ3v) is 5.21. The molecule has 0 saturated heterocycles. The molecule has 3 heterocycles. The van der Waals surface area contributed by atoms with Crippen molar-refractivity contribution in [2.75, 3.05) is 6.61 Å². The molecule has 7 heteroatoms.